The number of benzene rings is 8. The highest BCUT2D eigenvalue weighted by atomic mass is 16.3. The molecule has 0 radical (unpaired) electrons. The third kappa shape index (κ3) is 5.45. The van der Waals surface area contributed by atoms with Gasteiger partial charge in [0.25, 0.3) is 0 Å². The fourth-order valence-corrected chi connectivity index (χ4v) is 6.44. The predicted octanol–water partition coefficient (Wildman–Crippen LogP) is 12.9. The first-order chi connectivity index (χ1) is 32.9. The molecule has 0 saturated carbocycles. The van der Waals surface area contributed by atoms with Crippen molar-refractivity contribution in [2.24, 2.45) is 0 Å². The molecule has 0 aliphatic carbocycles. The Morgan fingerprint density at radius 3 is 1.83 bits per heavy atom. The Hall–Kier alpha value is -7.17. The Morgan fingerprint density at radius 1 is 0.377 bits per heavy atom. The highest BCUT2D eigenvalue weighted by molar-refractivity contribution is 6.17. The number of furan rings is 1. The molecule has 0 N–H and O–H groups in total. The normalized spacial score (nSPS) is 15.6. The SMILES string of the molecule is [2H]c1c([2H])c([2H])c(-c2nc(-c3ccccc3-c3ccc(-c4ccccc4)c4oc5ccccc5c34)nc(-c3c([2H])c([2H])c(-c4c([2H])c([2H])c([2H])c5c([2H])c([2H])c([2H])c([2H])c45)c([2H])c3[2H])n2)c([2H])c1[2H]. The lowest BCUT2D eigenvalue weighted by Gasteiger charge is -2.14. The summed E-state index contributed by atoms with van der Waals surface area (Å²) in [5, 5.41) is 0.649. The van der Waals surface area contributed by atoms with Crippen LogP contribution in [0.15, 0.2) is 192 Å². The molecule has 0 amide bonds. The number of hydrogen-bond donors (Lipinski definition) is 0. The molecule has 0 spiro atoms. The Morgan fingerprint density at radius 2 is 1.00 bits per heavy atom. The van der Waals surface area contributed by atoms with Gasteiger partial charge in [0.15, 0.2) is 17.5 Å². The summed E-state index contributed by atoms with van der Waals surface area (Å²) in [4.78, 5) is 14.0. The maximum atomic E-state index is 9.40. The maximum Gasteiger partial charge on any atom is 0.164 e. The summed E-state index contributed by atoms with van der Waals surface area (Å²) in [6, 6.07) is 16.3. The fraction of sp³-hybridized carbons (Fsp3) is 0. The van der Waals surface area contributed by atoms with Crippen molar-refractivity contribution in [1.82, 2.24) is 15.0 Å². The van der Waals surface area contributed by atoms with E-state index >= 15 is 0 Å². The van der Waals surface area contributed by atoms with E-state index in [9.17, 15) is 5.48 Å². The minimum absolute atomic E-state index is 0.147. The van der Waals surface area contributed by atoms with Crippen molar-refractivity contribution in [1.29, 1.82) is 0 Å². The van der Waals surface area contributed by atoms with Crippen LogP contribution in [0.25, 0.3) is 100 Å². The van der Waals surface area contributed by atoms with Gasteiger partial charge in [-0.2, -0.15) is 0 Å². The van der Waals surface area contributed by atoms with Crippen LogP contribution in [-0.2, 0) is 0 Å². The summed E-state index contributed by atoms with van der Waals surface area (Å²) in [5.41, 5.74) is 2.40. The largest absolute Gasteiger partial charge is 0.455 e. The van der Waals surface area contributed by atoms with Crippen molar-refractivity contribution in [2.75, 3.05) is 0 Å². The van der Waals surface area contributed by atoms with Crippen molar-refractivity contribution in [2.45, 2.75) is 0 Å². The third-order valence-electron chi connectivity index (χ3n) is 8.84. The van der Waals surface area contributed by atoms with Crippen LogP contribution in [0, 0.1) is 0 Å². The van der Waals surface area contributed by atoms with Gasteiger partial charge in [0.1, 0.15) is 11.2 Å². The summed E-state index contributed by atoms with van der Waals surface area (Å²) < 4.78 is 147. The van der Waals surface area contributed by atoms with E-state index in [0.29, 0.717) is 27.9 Å². The molecule has 8 aromatic carbocycles. The van der Waals surface area contributed by atoms with Crippen LogP contribution in [0.2, 0.25) is 0 Å². The van der Waals surface area contributed by atoms with Crippen molar-refractivity contribution >= 4 is 32.7 Å². The first-order valence-corrected chi connectivity index (χ1v) is 16.5. The maximum absolute atomic E-state index is 9.40. The first kappa shape index (κ1) is 18.4. The van der Waals surface area contributed by atoms with E-state index in [4.69, 9.17) is 30.8 Å². The van der Waals surface area contributed by atoms with Crippen LogP contribution in [0.4, 0.5) is 0 Å². The van der Waals surface area contributed by atoms with E-state index < -0.39 is 141 Å². The van der Waals surface area contributed by atoms with Gasteiger partial charge in [-0.15, -0.1) is 0 Å². The predicted molar refractivity (Wildman–Crippen MR) is 217 cm³/mol. The third-order valence-corrected chi connectivity index (χ3v) is 8.84. The minimum Gasteiger partial charge on any atom is -0.455 e. The molecule has 0 unspecified atom stereocenters. The molecular weight excluding hydrogens is 647 g/mol. The topological polar surface area (TPSA) is 51.8 Å². The summed E-state index contributed by atoms with van der Waals surface area (Å²) in [6.07, 6.45) is 0. The highest BCUT2D eigenvalue weighted by Gasteiger charge is 2.21. The van der Waals surface area contributed by atoms with E-state index in [2.05, 4.69) is 4.98 Å². The lowest BCUT2D eigenvalue weighted by molar-refractivity contribution is 0.670. The summed E-state index contributed by atoms with van der Waals surface area (Å²) >= 11 is 0. The molecule has 0 atom stereocenters. The van der Waals surface area contributed by atoms with Gasteiger partial charge < -0.3 is 4.42 Å². The van der Waals surface area contributed by atoms with Crippen LogP contribution in [0.5, 0.6) is 0 Å². The number of rotatable bonds is 6. The van der Waals surface area contributed by atoms with Crippen LogP contribution in [0.1, 0.15) is 21.9 Å². The minimum atomic E-state index is -0.815. The average molecular weight is 694 g/mol. The fourth-order valence-electron chi connectivity index (χ4n) is 6.44. The van der Waals surface area contributed by atoms with Crippen LogP contribution in [-0.4, -0.2) is 15.0 Å². The first-order valence-electron chi connectivity index (χ1n) is 24.5. The molecule has 0 fully saturated rings. The van der Waals surface area contributed by atoms with Gasteiger partial charge in [0.05, 0.1) is 21.9 Å². The van der Waals surface area contributed by atoms with Crippen LogP contribution < -0.4 is 0 Å². The standard InChI is InChI=1S/C49H31N3O/c1-3-14-33(15-4-1)39-30-31-41(45-43-23-11-12-25-44(43)53-46(39)45)40-21-9-10-22-42(40)49-51-47(35-17-5-2-6-18-35)50-48(52-49)36-28-26-34(27-29-36)38-24-13-19-32-16-7-8-20-37(32)38/h1-31H/i2D,5D,6D,7D,8D,13D,16D,17D,18D,19D,20D,24D,26D,27D,28D,29D. The second-order valence-corrected chi connectivity index (χ2v) is 11.9. The van der Waals surface area contributed by atoms with Crippen LogP contribution >= 0.6 is 0 Å². The molecule has 2 aromatic heterocycles. The van der Waals surface area contributed by atoms with Crippen molar-refractivity contribution in [3.8, 4) is 67.5 Å². The second kappa shape index (κ2) is 12.9. The van der Waals surface area contributed by atoms with E-state index in [0.717, 1.165) is 21.9 Å². The van der Waals surface area contributed by atoms with Gasteiger partial charge in [0, 0.05) is 33.0 Å². The van der Waals surface area contributed by atoms with Gasteiger partial charge in [-0.05, 0) is 50.7 Å². The van der Waals surface area contributed by atoms with E-state index in [1.54, 1.807) is 18.2 Å². The number of nitrogens with zero attached hydrogens (tertiary/aromatic N) is 3. The second-order valence-electron chi connectivity index (χ2n) is 11.9. The Balaban J connectivity index is 1.27. The van der Waals surface area contributed by atoms with E-state index in [1.165, 1.54) is 0 Å². The molecule has 0 aliphatic rings. The summed E-state index contributed by atoms with van der Waals surface area (Å²) in [7, 11) is 0. The zero-order valence-corrected chi connectivity index (χ0v) is 27.4. The lowest BCUT2D eigenvalue weighted by Crippen LogP contribution is -2.01. The molecule has 0 aliphatic heterocycles. The Labute approximate surface area is 329 Å². The monoisotopic (exact) mass is 693 g/mol. The highest BCUT2D eigenvalue weighted by Crippen LogP contribution is 2.44. The van der Waals surface area contributed by atoms with Gasteiger partial charge >= 0.3 is 0 Å². The average Bonchev–Trinajstić information content (AvgIpc) is 3.75. The van der Waals surface area contributed by atoms with Gasteiger partial charge in [-0.3, -0.25) is 0 Å². The number of para-hydroxylation sites is 1. The molecule has 4 heteroatoms. The lowest BCUT2D eigenvalue weighted by atomic mass is 9.92. The Bertz CT molecular complexity index is 3810. The Kier molecular flexibility index (Phi) is 4.46. The molecule has 4 nitrogen and oxygen atoms in total. The summed E-state index contributed by atoms with van der Waals surface area (Å²) in [6.45, 7) is 0. The molecule has 248 valence electrons. The zero-order chi connectivity index (χ0) is 49.1. The smallest absolute Gasteiger partial charge is 0.164 e. The molecule has 0 saturated heterocycles. The molecule has 10 rings (SSSR count). The number of hydrogen-bond acceptors (Lipinski definition) is 4. The molecule has 2 heterocycles. The quantitative estimate of drug-likeness (QED) is 0.174. The van der Waals surface area contributed by atoms with Gasteiger partial charge in [-0.1, -0.05) is 176 Å². The van der Waals surface area contributed by atoms with Crippen molar-refractivity contribution < 1.29 is 26.3 Å². The number of fused-ring (bicyclic) bond motifs is 4. The van der Waals surface area contributed by atoms with Gasteiger partial charge in [0.2, 0.25) is 0 Å². The van der Waals surface area contributed by atoms with E-state index in [1.807, 2.05) is 72.8 Å². The van der Waals surface area contributed by atoms with Gasteiger partial charge in [-0.25, -0.2) is 15.0 Å². The zero-order valence-electron chi connectivity index (χ0n) is 43.4. The number of aromatic nitrogens is 3. The molecule has 0 bridgehead atoms. The van der Waals surface area contributed by atoms with Crippen molar-refractivity contribution in [3.05, 3.63) is 188 Å². The molecular formula is C49H31N3O. The molecule has 53 heavy (non-hydrogen) atoms. The molecule has 10 aromatic rings. The summed E-state index contributed by atoms with van der Waals surface area (Å²) in [5.74, 6) is -1.10. The van der Waals surface area contributed by atoms with Crippen molar-refractivity contribution in [3.63, 3.8) is 0 Å². The van der Waals surface area contributed by atoms with Crippen LogP contribution in [0.3, 0.4) is 0 Å². The van der Waals surface area contributed by atoms with E-state index in [-0.39, 0.29) is 5.82 Å².